The van der Waals surface area contributed by atoms with Crippen LogP contribution in [0, 0.1) is 5.82 Å². The lowest BCUT2D eigenvalue weighted by molar-refractivity contribution is -0.137. The summed E-state index contributed by atoms with van der Waals surface area (Å²) in [4.78, 5) is 11.6. The molecule has 0 aliphatic rings. The van der Waals surface area contributed by atoms with E-state index in [1.807, 2.05) is 0 Å². The van der Waals surface area contributed by atoms with E-state index in [9.17, 15) is 22.4 Å². The van der Waals surface area contributed by atoms with Crippen LogP contribution < -0.4 is 5.32 Å². The molecule has 0 bridgehead atoms. The number of carbonyl (C=O) groups excluding carboxylic acids is 1. The molecule has 7 heteroatoms. The van der Waals surface area contributed by atoms with Gasteiger partial charge < -0.3 is 5.32 Å². The zero-order valence-electron chi connectivity index (χ0n) is 9.31. The Bertz CT molecular complexity index is 447. The van der Waals surface area contributed by atoms with Gasteiger partial charge in [-0.25, -0.2) is 4.39 Å². The van der Waals surface area contributed by atoms with Gasteiger partial charge in [-0.05, 0) is 25.1 Å². The van der Waals surface area contributed by atoms with Gasteiger partial charge in [-0.2, -0.15) is 13.2 Å². The number of halogens is 5. The second kappa shape index (κ2) is 5.69. The van der Waals surface area contributed by atoms with Crippen LogP contribution in [0.15, 0.2) is 18.2 Å². The molecule has 0 saturated heterocycles. The zero-order chi connectivity index (χ0) is 13.9. The normalized spacial score (nSPS) is 13.2. The highest BCUT2D eigenvalue weighted by Crippen LogP contribution is 2.30. The average molecular weight is 328 g/mol. The van der Waals surface area contributed by atoms with E-state index in [1.165, 1.54) is 0 Å². The predicted octanol–water partition coefficient (Wildman–Crippen LogP) is 3.36. The van der Waals surface area contributed by atoms with Gasteiger partial charge in [-0.15, -0.1) is 0 Å². The topological polar surface area (TPSA) is 29.1 Å². The summed E-state index contributed by atoms with van der Waals surface area (Å²) in [5.41, 5.74) is -1.67. The van der Waals surface area contributed by atoms with Gasteiger partial charge in [-0.1, -0.05) is 15.9 Å². The van der Waals surface area contributed by atoms with Crippen molar-refractivity contribution < 1.29 is 22.4 Å². The summed E-state index contributed by atoms with van der Waals surface area (Å²) in [6.07, 6.45) is -4.61. The monoisotopic (exact) mass is 327 g/mol. The molecular formula is C11H10BrF4NO. The van der Waals surface area contributed by atoms with Crippen molar-refractivity contribution in [2.75, 3.05) is 5.33 Å². The number of nitrogens with one attached hydrogen (secondary N) is 1. The van der Waals surface area contributed by atoms with E-state index >= 15 is 0 Å². The Labute approximate surface area is 109 Å². The van der Waals surface area contributed by atoms with E-state index < -0.39 is 29.0 Å². The van der Waals surface area contributed by atoms with Crippen molar-refractivity contribution in [3.63, 3.8) is 0 Å². The van der Waals surface area contributed by atoms with Crippen molar-refractivity contribution in [1.82, 2.24) is 5.32 Å². The van der Waals surface area contributed by atoms with Gasteiger partial charge >= 0.3 is 6.18 Å². The molecule has 0 fully saturated rings. The maximum Gasteiger partial charge on any atom is 0.416 e. The first kappa shape index (κ1) is 14.9. The summed E-state index contributed by atoms with van der Waals surface area (Å²) in [6.45, 7) is 1.64. The molecule has 0 aliphatic carbocycles. The Morgan fingerprint density at radius 3 is 2.56 bits per heavy atom. The van der Waals surface area contributed by atoms with Gasteiger partial charge in [0.25, 0.3) is 5.91 Å². The lowest BCUT2D eigenvalue weighted by atomic mass is 10.1. The molecule has 1 N–H and O–H groups in total. The van der Waals surface area contributed by atoms with Gasteiger partial charge in [0.15, 0.2) is 0 Å². The first-order valence-corrected chi connectivity index (χ1v) is 6.11. The van der Waals surface area contributed by atoms with Crippen LogP contribution in [-0.2, 0) is 6.18 Å². The van der Waals surface area contributed by atoms with Crippen molar-refractivity contribution in [3.05, 3.63) is 35.1 Å². The van der Waals surface area contributed by atoms with Crippen molar-refractivity contribution >= 4 is 21.8 Å². The van der Waals surface area contributed by atoms with Gasteiger partial charge in [0.05, 0.1) is 11.1 Å². The predicted molar refractivity (Wildman–Crippen MR) is 62.1 cm³/mol. The van der Waals surface area contributed by atoms with Crippen molar-refractivity contribution in [2.24, 2.45) is 0 Å². The molecule has 100 valence electrons. The summed E-state index contributed by atoms with van der Waals surface area (Å²) in [6, 6.07) is 1.42. The average Bonchev–Trinajstić information content (AvgIpc) is 2.27. The summed E-state index contributed by atoms with van der Waals surface area (Å²) < 4.78 is 50.6. The minimum absolute atomic E-state index is 0.313. The molecule has 1 unspecified atom stereocenters. The lowest BCUT2D eigenvalue weighted by Gasteiger charge is -2.13. The van der Waals surface area contributed by atoms with Gasteiger partial charge in [0.1, 0.15) is 5.82 Å². The second-order valence-electron chi connectivity index (χ2n) is 3.72. The number of carbonyl (C=O) groups is 1. The lowest BCUT2D eigenvalue weighted by Crippen LogP contribution is -2.34. The SMILES string of the molecule is CC(CBr)NC(=O)c1cc(C(F)(F)F)ccc1F. The first-order chi connectivity index (χ1) is 8.25. The first-order valence-electron chi connectivity index (χ1n) is 4.99. The van der Waals surface area contributed by atoms with Crippen LogP contribution in [0.5, 0.6) is 0 Å². The Hall–Kier alpha value is -1.11. The summed E-state index contributed by atoms with van der Waals surface area (Å²) in [5, 5.41) is 2.79. The zero-order valence-corrected chi connectivity index (χ0v) is 10.9. The van der Waals surface area contributed by atoms with Gasteiger partial charge in [0.2, 0.25) is 0 Å². The molecule has 0 aromatic heterocycles. The van der Waals surface area contributed by atoms with E-state index in [0.29, 0.717) is 23.5 Å². The molecule has 18 heavy (non-hydrogen) atoms. The maximum absolute atomic E-state index is 13.3. The number of alkyl halides is 4. The molecule has 0 saturated carbocycles. The number of rotatable bonds is 3. The van der Waals surface area contributed by atoms with E-state index in [0.717, 1.165) is 0 Å². The Balaban J connectivity index is 3.04. The van der Waals surface area contributed by atoms with E-state index in [4.69, 9.17) is 0 Å². The van der Waals surface area contributed by atoms with Crippen LogP contribution in [0.4, 0.5) is 17.6 Å². The third-order valence-corrected chi connectivity index (χ3v) is 3.12. The molecule has 1 aromatic rings. The molecule has 0 aliphatic heterocycles. The Morgan fingerprint density at radius 1 is 1.44 bits per heavy atom. The molecule has 0 heterocycles. The van der Waals surface area contributed by atoms with Crippen LogP contribution >= 0.6 is 15.9 Å². The van der Waals surface area contributed by atoms with Crippen LogP contribution in [-0.4, -0.2) is 17.3 Å². The fraction of sp³-hybridized carbons (Fsp3) is 0.364. The molecule has 1 atom stereocenters. The number of hydrogen-bond acceptors (Lipinski definition) is 1. The van der Waals surface area contributed by atoms with Crippen LogP contribution in [0.2, 0.25) is 0 Å². The summed E-state index contributed by atoms with van der Waals surface area (Å²) in [5.74, 6) is -1.85. The smallest absolute Gasteiger partial charge is 0.349 e. The minimum Gasteiger partial charge on any atom is -0.349 e. The van der Waals surface area contributed by atoms with Crippen molar-refractivity contribution in [1.29, 1.82) is 0 Å². The van der Waals surface area contributed by atoms with Crippen LogP contribution in [0.3, 0.4) is 0 Å². The molecule has 1 rings (SSSR count). The number of amides is 1. The minimum atomic E-state index is -4.61. The van der Waals surface area contributed by atoms with Crippen LogP contribution in [0.25, 0.3) is 0 Å². The maximum atomic E-state index is 13.3. The van der Waals surface area contributed by atoms with Crippen molar-refractivity contribution in [2.45, 2.75) is 19.1 Å². The third-order valence-electron chi connectivity index (χ3n) is 2.15. The van der Waals surface area contributed by atoms with E-state index in [-0.39, 0.29) is 6.04 Å². The van der Waals surface area contributed by atoms with E-state index in [2.05, 4.69) is 21.2 Å². The number of hydrogen-bond donors (Lipinski definition) is 1. The summed E-state index contributed by atoms with van der Waals surface area (Å²) >= 11 is 3.09. The van der Waals surface area contributed by atoms with Crippen LogP contribution in [0.1, 0.15) is 22.8 Å². The fourth-order valence-electron chi connectivity index (χ4n) is 1.22. The van der Waals surface area contributed by atoms with E-state index in [1.54, 1.807) is 6.92 Å². The molecule has 0 spiro atoms. The molecule has 2 nitrogen and oxygen atoms in total. The fourth-order valence-corrected chi connectivity index (χ4v) is 1.38. The third kappa shape index (κ3) is 3.69. The molecule has 0 radical (unpaired) electrons. The molecule has 1 amide bonds. The van der Waals surface area contributed by atoms with Gasteiger partial charge in [0, 0.05) is 11.4 Å². The largest absolute Gasteiger partial charge is 0.416 e. The Kier molecular flexibility index (Phi) is 4.72. The summed E-state index contributed by atoms with van der Waals surface area (Å²) in [7, 11) is 0. The quantitative estimate of drug-likeness (QED) is 0.669. The highest BCUT2D eigenvalue weighted by atomic mass is 79.9. The standard InChI is InChI=1S/C11H10BrF4NO/c1-6(5-12)17-10(18)8-4-7(11(14,15)16)2-3-9(8)13/h2-4,6H,5H2,1H3,(H,17,18). The Morgan fingerprint density at radius 2 is 2.06 bits per heavy atom. The second-order valence-corrected chi connectivity index (χ2v) is 4.37. The van der Waals surface area contributed by atoms with Crippen molar-refractivity contribution in [3.8, 4) is 0 Å². The highest BCUT2D eigenvalue weighted by molar-refractivity contribution is 9.09. The number of benzene rings is 1. The highest BCUT2D eigenvalue weighted by Gasteiger charge is 2.32. The van der Waals surface area contributed by atoms with Gasteiger partial charge in [-0.3, -0.25) is 4.79 Å². The molecule has 1 aromatic carbocycles. The molecular weight excluding hydrogens is 318 g/mol.